The van der Waals surface area contributed by atoms with Crippen LogP contribution in [0.3, 0.4) is 0 Å². The van der Waals surface area contributed by atoms with Gasteiger partial charge in [-0.15, -0.1) is 0 Å². The van der Waals surface area contributed by atoms with E-state index in [9.17, 15) is 9.90 Å². The van der Waals surface area contributed by atoms with E-state index in [0.29, 0.717) is 24.3 Å². The van der Waals surface area contributed by atoms with E-state index in [4.69, 9.17) is 11.6 Å². The van der Waals surface area contributed by atoms with Crippen molar-refractivity contribution in [1.29, 1.82) is 0 Å². The summed E-state index contributed by atoms with van der Waals surface area (Å²) in [6.07, 6.45) is 1.17. The zero-order valence-electron chi connectivity index (χ0n) is 9.24. The minimum absolute atomic E-state index is 0.00306. The number of rotatable bonds is 5. The molecule has 1 aromatic rings. The van der Waals surface area contributed by atoms with E-state index in [0.717, 1.165) is 5.56 Å². The van der Waals surface area contributed by atoms with Gasteiger partial charge >= 0.3 is 0 Å². The van der Waals surface area contributed by atoms with Gasteiger partial charge < -0.3 is 10.4 Å². The molecule has 0 heterocycles. The van der Waals surface area contributed by atoms with Gasteiger partial charge in [-0.1, -0.05) is 23.7 Å². The van der Waals surface area contributed by atoms with Crippen LogP contribution in [-0.2, 0) is 4.79 Å². The fourth-order valence-corrected chi connectivity index (χ4v) is 1.56. The molecule has 3 nitrogen and oxygen atoms in total. The second-order valence-corrected chi connectivity index (χ2v) is 4.07. The van der Waals surface area contributed by atoms with Crippen LogP contribution in [0.2, 0.25) is 5.02 Å². The summed E-state index contributed by atoms with van der Waals surface area (Å²) < 4.78 is 0. The molecular weight excluding hydrogens is 226 g/mol. The van der Waals surface area contributed by atoms with Crippen molar-refractivity contribution in [3.05, 3.63) is 34.9 Å². The highest BCUT2D eigenvalue weighted by Crippen LogP contribution is 2.20. The molecular formula is C12H16ClNO2. The molecule has 0 saturated carbocycles. The van der Waals surface area contributed by atoms with Gasteiger partial charge in [0, 0.05) is 18.5 Å². The molecule has 2 N–H and O–H groups in total. The van der Waals surface area contributed by atoms with Gasteiger partial charge in [-0.05, 0) is 30.5 Å². The average Bonchev–Trinajstić information content (AvgIpc) is 2.29. The fraction of sp³-hybridized carbons (Fsp3) is 0.417. The Morgan fingerprint density at radius 3 is 2.62 bits per heavy atom. The highest BCUT2D eigenvalue weighted by molar-refractivity contribution is 6.30. The van der Waals surface area contributed by atoms with Crippen LogP contribution in [0.5, 0.6) is 0 Å². The molecule has 0 aliphatic carbocycles. The lowest BCUT2D eigenvalue weighted by Crippen LogP contribution is -2.17. The summed E-state index contributed by atoms with van der Waals surface area (Å²) in [6.45, 7) is 0. The van der Waals surface area contributed by atoms with Crippen molar-refractivity contribution in [2.24, 2.45) is 0 Å². The molecule has 1 amide bonds. The van der Waals surface area contributed by atoms with E-state index in [1.807, 2.05) is 0 Å². The van der Waals surface area contributed by atoms with Gasteiger partial charge in [0.05, 0.1) is 6.10 Å². The van der Waals surface area contributed by atoms with Crippen LogP contribution in [-0.4, -0.2) is 18.1 Å². The Morgan fingerprint density at radius 2 is 2.06 bits per heavy atom. The number of amides is 1. The van der Waals surface area contributed by atoms with Gasteiger partial charge in [-0.25, -0.2) is 0 Å². The molecule has 1 aromatic carbocycles. The van der Waals surface area contributed by atoms with Crippen LogP contribution in [0.25, 0.3) is 0 Å². The van der Waals surface area contributed by atoms with Crippen LogP contribution in [0.4, 0.5) is 0 Å². The van der Waals surface area contributed by atoms with Gasteiger partial charge in [0.25, 0.3) is 0 Å². The number of halogens is 1. The van der Waals surface area contributed by atoms with Crippen LogP contribution in [0.1, 0.15) is 30.9 Å². The fourth-order valence-electron chi connectivity index (χ4n) is 1.43. The van der Waals surface area contributed by atoms with Crippen molar-refractivity contribution in [2.75, 3.05) is 7.05 Å². The van der Waals surface area contributed by atoms with Crippen molar-refractivity contribution in [2.45, 2.75) is 25.4 Å². The van der Waals surface area contributed by atoms with Gasteiger partial charge in [0.1, 0.15) is 0 Å². The lowest BCUT2D eigenvalue weighted by Gasteiger charge is -2.10. The summed E-state index contributed by atoms with van der Waals surface area (Å²) >= 11 is 5.75. The highest BCUT2D eigenvalue weighted by Gasteiger charge is 2.08. The Labute approximate surface area is 100 Å². The first-order chi connectivity index (χ1) is 7.63. The number of benzene rings is 1. The molecule has 1 unspecified atom stereocenters. The average molecular weight is 242 g/mol. The molecule has 0 aromatic heterocycles. The molecule has 0 spiro atoms. The molecule has 0 aliphatic rings. The first kappa shape index (κ1) is 13.0. The maximum atomic E-state index is 11.0. The third-order valence-corrected chi connectivity index (χ3v) is 2.67. The van der Waals surface area contributed by atoms with Gasteiger partial charge in [-0.3, -0.25) is 4.79 Å². The first-order valence-electron chi connectivity index (χ1n) is 5.27. The lowest BCUT2D eigenvalue weighted by molar-refractivity contribution is -0.120. The van der Waals surface area contributed by atoms with Gasteiger partial charge in [0.2, 0.25) is 5.91 Å². The smallest absolute Gasteiger partial charge is 0.219 e. The van der Waals surface area contributed by atoms with Crippen molar-refractivity contribution < 1.29 is 9.90 Å². The number of hydrogen-bond acceptors (Lipinski definition) is 2. The first-order valence-corrected chi connectivity index (χ1v) is 5.65. The van der Waals surface area contributed by atoms with Crippen molar-refractivity contribution in [3.63, 3.8) is 0 Å². The normalized spacial score (nSPS) is 12.2. The summed E-state index contributed by atoms with van der Waals surface area (Å²) in [5, 5.41) is 13.0. The second kappa shape index (κ2) is 6.51. The van der Waals surface area contributed by atoms with E-state index >= 15 is 0 Å². The standard InChI is InChI=1S/C12H16ClNO2/c1-14-12(16)4-2-3-11(15)9-5-7-10(13)8-6-9/h5-8,11,15H,2-4H2,1H3,(H,14,16). The SMILES string of the molecule is CNC(=O)CCCC(O)c1ccc(Cl)cc1. The molecule has 1 atom stereocenters. The zero-order valence-corrected chi connectivity index (χ0v) is 10.00. The quantitative estimate of drug-likeness (QED) is 0.831. The van der Waals surface area contributed by atoms with E-state index < -0.39 is 6.10 Å². The summed E-state index contributed by atoms with van der Waals surface area (Å²) in [5.41, 5.74) is 0.835. The minimum Gasteiger partial charge on any atom is -0.388 e. The molecule has 1 rings (SSSR count). The second-order valence-electron chi connectivity index (χ2n) is 3.63. The van der Waals surface area contributed by atoms with Gasteiger partial charge in [-0.2, -0.15) is 0 Å². The van der Waals surface area contributed by atoms with Crippen LogP contribution < -0.4 is 5.32 Å². The maximum absolute atomic E-state index is 11.0. The molecule has 16 heavy (non-hydrogen) atoms. The van der Waals surface area contributed by atoms with Crippen molar-refractivity contribution >= 4 is 17.5 Å². The monoisotopic (exact) mass is 241 g/mol. The Morgan fingerprint density at radius 1 is 1.44 bits per heavy atom. The zero-order chi connectivity index (χ0) is 12.0. The Kier molecular flexibility index (Phi) is 5.29. The summed E-state index contributed by atoms with van der Waals surface area (Å²) in [7, 11) is 1.61. The van der Waals surface area contributed by atoms with Crippen LogP contribution >= 0.6 is 11.6 Å². The molecule has 4 heteroatoms. The topological polar surface area (TPSA) is 49.3 Å². The van der Waals surface area contributed by atoms with Crippen molar-refractivity contribution in [3.8, 4) is 0 Å². The van der Waals surface area contributed by atoms with E-state index in [2.05, 4.69) is 5.32 Å². The van der Waals surface area contributed by atoms with Gasteiger partial charge in [0.15, 0.2) is 0 Å². The number of hydrogen-bond donors (Lipinski definition) is 2. The molecule has 0 saturated heterocycles. The van der Waals surface area contributed by atoms with E-state index in [-0.39, 0.29) is 5.91 Å². The number of aliphatic hydroxyl groups excluding tert-OH is 1. The Balaban J connectivity index is 2.37. The van der Waals surface area contributed by atoms with Crippen LogP contribution in [0.15, 0.2) is 24.3 Å². The lowest BCUT2D eigenvalue weighted by atomic mass is 10.0. The number of carbonyl (C=O) groups is 1. The van der Waals surface area contributed by atoms with E-state index in [1.165, 1.54) is 0 Å². The molecule has 0 fully saturated rings. The Hall–Kier alpha value is -1.06. The number of aliphatic hydroxyl groups is 1. The number of carbonyl (C=O) groups excluding carboxylic acids is 1. The highest BCUT2D eigenvalue weighted by atomic mass is 35.5. The predicted molar refractivity (Wildman–Crippen MR) is 64.3 cm³/mol. The summed E-state index contributed by atoms with van der Waals surface area (Å²) in [6, 6.07) is 7.09. The molecule has 0 aliphatic heterocycles. The Bertz CT molecular complexity index is 337. The predicted octanol–water partition coefficient (Wildman–Crippen LogP) is 2.29. The third kappa shape index (κ3) is 4.21. The maximum Gasteiger partial charge on any atom is 0.219 e. The third-order valence-electron chi connectivity index (χ3n) is 2.42. The van der Waals surface area contributed by atoms with Crippen LogP contribution in [0, 0.1) is 0 Å². The molecule has 0 radical (unpaired) electrons. The summed E-state index contributed by atoms with van der Waals surface area (Å²) in [5.74, 6) is 0.00306. The van der Waals surface area contributed by atoms with E-state index in [1.54, 1.807) is 31.3 Å². The summed E-state index contributed by atoms with van der Waals surface area (Å²) in [4.78, 5) is 11.0. The van der Waals surface area contributed by atoms with Crippen molar-refractivity contribution in [1.82, 2.24) is 5.32 Å². The minimum atomic E-state index is -0.526. The molecule has 0 bridgehead atoms. The molecule has 88 valence electrons. The largest absolute Gasteiger partial charge is 0.388 e. The number of nitrogens with one attached hydrogen (secondary N) is 1.